The van der Waals surface area contributed by atoms with Crippen molar-refractivity contribution in [1.82, 2.24) is 15.5 Å². The molecule has 2 fully saturated rings. The molecule has 0 radical (unpaired) electrons. The van der Waals surface area contributed by atoms with Crippen LogP contribution < -0.4 is 10.6 Å². The van der Waals surface area contributed by atoms with Crippen LogP contribution in [0.1, 0.15) is 67.2 Å². The number of hydrogen-bond donors (Lipinski definition) is 2. The zero-order chi connectivity index (χ0) is 19.9. The van der Waals surface area contributed by atoms with Gasteiger partial charge in [-0.2, -0.15) is 0 Å². The lowest BCUT2D eigenvalue weighted by Gasteiger charge is -2.40. The Bertz CT molecular complexity index is 464. The van der Waals surface area contributed by atoms with Crippen LogP contribution in [0, 0.1) is 17.3 Å². The minimum absolute atomic E-state index is 0. The second-order valence-corrected chi connectivity index (χ2v) is 9.76. The van der Waals surface area contributed by atoms with E-state index in [-0.39, 0.29) is 29.4 Å². The number of aliphatic imine (C=N–C) groups is 1. The van der Waals surface area contributed by atoms with Gasteiger partial charge in [-0.05, 0) is 64.3 Å². The van der Waals surface area contributed by atoms with Gasteiger partial charge < -0.3 is 20.3 Å². The smallest absolute Gasteiger partial charge is 0.191 e. The first-order valence-electron chi connectivity index (χ1n) is 11.2. The highest BCUT2D eigenvalue weighted by Crippen LogP contribution is 2.33. The molecule has 0 spiro atoms. The number of rotatable bonds is 6. The van der Waals surface area contributed by atoms with Crippen molar-refractivity contribution in [1.29, 1.82) is 0 Å². The number of hydrogen-bond acceptors (Lipinski definition) is 3. The van der Waals surface area contributed by atoms with E-state index < -0.39 is 0 Å². The first kappa shape index (κ1) is 26.0. The molecule has 0 saturated carbocycles. The van der Waals surface area contributed by atoms with Crippen LogP contribution in [0.15, 0.2) is 4.99 Å². The highest BCUT2D eigenvalue weighted by atomic mass is 127. The van der Waals surface area contributed by atoms with E-state index in [0.29, 0.717) is 24.0 Å². The summed E-state index contributed by atoms with van der Waals surface area (Å²) < 4.78 is 6.13. The maximum Gasteiger partial charge on any atom is 0.191 e. The van der Waals surface area contributed by atoms with Crippen LogP contribution in [0.2, 0.25) is 0 Å². The number of halogens is 1. The molecule has 2 rings (SSSR count). The molecule has 6 heteroatoms. The molecule has 0 aromatic rings. The average molecular weight is 509 g/mol. The normalized spacial score (nSPS) is 27.4. The number of guanidine groups is 1. The van der Waals surface area contributed by atoms with Crippen LogP contribution in [0.25, 0.3) is 0 Å². The molecular weight excluding hydrogens is 463 g/mol. The molecule has 5 nitrogen and oxygen atoms in total. The van der Waals surface area contributed by atoms with Gasteiger partial charge in [-0.1, -0.05) is 20.8 Å². The molecule has 2 heterocycles. The molecule has 2 aliphatic rings. The van der Waals surface area contributed by atoms with Crippen LogP contribution in [0.4, 0.5) is 0 Å². The number of likely N-dealkylation sites (tertiary alicyclic amines) is 1. The molecule has 0 amide bonds. The third kappa shape index (κ3) is 8.34. The summed E-state index contributed by atoms with van der Waals surface area (Å²) in [5, 5.41) is 7.05. The number of nitrogens with one attached hydrogen (secondary N) is 2. The molecule has 0 aromatic carbocycles. The van der Waals surface area contributed by atoms with Crippen LogP contribution in [-0.4, -0.2) is 62.3 Å². The third-order valence-corrected chi connectivity index (χ3v) is 5.96. The van der Waals surface area contributed by atoms with Crippen molar-refractivity contribution in [3.8, 4) is 0 Å². The van der Waals surface area contributed by atoms with Crippen LogP contribution in [0.5, 0.6) is 0 Å². The topological polar surface area (TPSA) is 48.9 Å². The maximum absolute atomic E-state index is 6.13. The van der Waals surface area contributed by atoms with Crippen molar-refractivity contribution in [2.75, 3.05) is 39.3 Å². The predicted molar refractivity (Wildman–Crippen MR) is 131 cm³/mol. The Hall–Kier alpha value is -0.0800. The molecular formula is C22H45IN4O. The second kappa shape index (κ2) is 12.6. The zero-order valence-electron chi connectivity index (χ0n) is 19.1. The van der Waals surface area contributed by atoms with Crippen molar-refractivity contribution in [3.63, 3.8) is 0 Å². The van der Waals surface area contributed by atoms with Gasteiger partial charge in [-0.15, -0.1) is 24.0 Å². The van der Waals surface area contributed by atoms with E-state index in [1.54, 1.807) is 0 Å². The van der Waals surface area contributed by atoms with Crippen molar-refractivity contribution < 1.29 is 4.74 Å². The molecule has 28 heavy (non-hydrogen) atoms. The van der Waals surface area contributed by atoms with Crippen molar-refractivity contribution in [2.24, 2.45) is 22.2 Å². The predicted octanol–water partition coefficient (Wildman–Crippen LogP) is 4.12. The first-order chi connectivity index (χ1) is 12.8. The third-order valence-electron chi connectivity index (χ3n) is 5.96. The zero-order valence-corrected chi connectivity index (χ0v) is 21.4. The molecule has 166 valence electrons. The van der Waals surface area contributed by atoms with Gasteiger partial charge >= 0.3 is 0 Å². The fraction of sp³-hybridized carbons (Fsp3) is 0.955. The SMILES string of the molecule is CCNC(=NCC1CCCN(C(C)C)C1)NCC1CCCOC1C(C)(C)C.I. The average Bonchev–Trinajstić information content (AvgIpc) is 2.63. The Kier molecular flexibility index (Phi) is 11.7. The van der Waals surface area contributed by atoms with E-state index in [1.807, 2.05) is 0 Å². The lowest BCUT2D eigenvalue weighted by atomic mass is 9.78. The molecule has 0 aromatic heterocycles. The van der Waals surface area contributed by atoms with Crippen molar-refractivity contribution in [3.05, 3.63) is 0 Å². The molecule has 0 aliphatic carbocycles. The van der Waals surface area contributed by atoms with E-state index in [2.05, 4.69) is 57.1 Å². The molecule has 0 bridgehead atoms. The minimum Gasteiger partial charge on any atom is -0.377 e. The number of nitrogens with zero attached hydrogens (tertiary/aromatic N) is 2. The van der Waals surface area contributed by atoms with Crippen LogP contribution in [0.3, 0.4) is 0 Å². The van der Waals surface area contributed by atoms with E-state index in [1.165, 1.54) is 38.8 Å². The summed E-state index contributed by atoms with van der Waals surface area (Å²) in [6.07, 6.45) is 5.32. The van der Waals surface area contributed by atoms with Gasteiger partial charge in [-0.3, -0.25) is 4.99 Å². The van der Waals surface area contributed by atoms with Crippen LogP contribution >= 0.6 is 24.0 Å². The Labute approximate surface area is 190 Å². The van der Waals surface area contributed by atoms with Gasteiger partial charge in [0.2, 0.25) is 0 Å². The number of piperidine rings is 1. The fourth-order valence-corrected chi connectivity index (χ4v) is 4.51. The summed E-state index contributed by atoms with van der Waals surface area (Å²) in [6.45, 7) is 19.7. The Morgan fingerprint density at radius 1 is 1.18 bits per heavy atom. The van der Waals surface area contributed by atoms with Gasteiger partial charge in [0.15, 0.2) is 5.96 Å². The molecule has 3 atom stereocenters. The Morgan fingerprint density at radius 2 is 1.93 bits per heavy atom. The summed E-state index contributed by atoms with van der Waals surface area (Å²) in [5.41, 5.74) is 0.185. The van der Waals surface area contributed by atoms with E-state index in [0.717, 1.165) is 32.2 Å². The first-order valence-corrected chi connectivity index (χ1v) is 11.2. The van der Waals surface area contributed by atoms with Crippen molar-refractivity contribution in [2.45, 2.75) is 79.4 Å². The standard InChI is InChI=1S/C22H44N4O.HI/c1-7-23-21(24-14-18-10-8-12-26(16-18)17(2)3)25-15-19-11-9-13-27-20(19)22(4,5)6;/h17-20H,7-16H2,1-6H3,(H2,23,24,25);1H. The highest BCUT2D eigenvalue weighted by Gasteiger charge is 2.35. The van der Waals surface area contributed by atoms with Crippen LogP contribution in [-0.2, 0) is 4.74 Å². The van der Waals surface area contributed by atoms with Gasteiger partial charge in [0.05, 0.1) is 6.10 Å². The minimum atomic E-state index is 0. The van der Waals surface area contributed by atoms with Gasteiger partial charge in [-0.25, -0.2) is 0 Å². The van der Waals surface area contributed by atoms with E-state index in [9.17, 15) is 0 Å². The maximum atomic E-state index is 6.13. The summed E-state index contributed by atoms with van der Waals surface area (Å²) >= 11 is 0. The molecule has 3 unspecified atom stereocenters. The summed E-state index contributed by atoms with van der Waals surface area (Å²) in [5.74, 6) is 2.20. The van der Waals surface area contributed by atoms with Gasteiger partial charge in [0, 0.05) is 44.7 Å². The summed E-state index contributed by atoms with van der Waals surface area (Å²) in [6, 6.07) is 0.642. The molecule has 2 saturated heterocycles. The van der Waals surface area contributed by atoms with Gasteiger partial charge in [0.1, 0.15) is 0 Å². The summed E-state index contributed by atoms with van der Waals surface area (Å²) in [4.78, 5) is 7.52. The Morgan fingerprint density at radius 3 is 2.57 bits per heavy atom. The van der Waals surface area contributed by atoms with E-state index >= 15 is 0 Å². The number of ether oxygens (including phenoxy) is 1. The molecule has 2 aliphatic heterocycles. The van der Waals surface area contributed by atoms with E-state index in [4.69, 9.17) is 9.73 Å². The monoisotopic (exact) mass is 508 g/mol. The lowest BCUT2D eigenvalue weighted by molar-refractivity contribution is -0.0835. The Balaban J connectivity index is 0.00000392. The largest absolute Gasteiger partial charge is 0.377 e. The fourth-order valence-electron chi connectivity index (χ4n) is 4.51. The van der Waals surface area contributed by atoms with Gasteiger partial charge in [0.25, 0.3) is 0 Å². The highest BCUT2D eigenvalue weighted by molar-refractivity contribution is 14.0. The van der Waals surface area contributed by atoms with Crippen molar-refractivity contribution >= 4 is 29.9 Å². The lowest BCUT2D eigenvalue weighted by Crippen LogP contribution is -2.47. The molecule has 2 N–H and O–H groups in total. The second-order valence-electron chi connectivity index (χ2n) is 9.76. The quantitative estimate of drug-likeness (QED) is 0.322. The summed E-state index contributed by atoms with van der Waals surface area (Å²) in [7, 11) is 0.